The van der Waals surface area contributed by atoms with Crippen LogP contribution in [0.5, 0.6) is 0 Å². The molecule has 230 valence electrons. The van der Waals surface area contributed by atoms with E-state index in [2.05, 4.69) is 6.07 Å². The van der Waals surface area contributed by atoms with Gasteiger partial charge < -0.3 is 4.57 Å². The van der Waals surface area contributed by atoms with Crippen molar-refractivity contribution in [2.75, 3.05) is 0 Å². The fraction of sp³-hybridized carbons (Fsp3) is 0.0513. The Balaban J connectivity index is 1.56. The predicted octanol–water partition coefficient (Wildman–Crippen LogP) is 11.7. The number of benzene rings is 6. The predicted molar refractivity (Wildman–Crippen MR) is 172 cm³/mol. The van der Waals surface area contributed by atoms with E-state index < -0.39 is 23.5 Å². The summed E-state index contributed by atoms with van der Waals surface area (Å²) in [6, 6.07) is 39.1. The maximum absolute atomic E-state index is 13.9. The van der Waals surface area contributed by atoms with Crippen molar-refractivity contribution < 1.29 is 26.3 Å². The molecule has 0 unspecified atom stereocenters. The molecule has 7 aromatic rings. The van der Waals surface area contributed by atoms with Crippen molar-refractivity contribution in [2.24, 2.45) is 0 Å². The molecule has 0 aliphatic heterocycles. The number of hydrogen-bond donors (Lipinski definition) is 0. The minimum absolute atomic E-state index is 0.110. The van der Waals surface area contributed by atoms with Gasteiger partial charge in [0.25, 0.3) is 0 Å². The Morgan fingerprint density at radius 2 is 0.957 bits per heavy atom. The number of halogens is 6. The smallest absolute Gasteiger partial charge is 0.309 e. The van der Waals surface area contributed by atoms with E-state index in [1.807, 2.05) is 97.1 Å². The Labute approximate surface area is 265 Å². The van der Waals surface area contributed by atoms with Crippen LogP contribution < -0.4 is 0 Å². The van der Waals surface area contributed by atoms with Gasteiger partial charge in [-0.3, -0.25) is 0 Å². The maximum atomic E-state index is 13.9. The molecule has 6 aromatic carbocycles. The molecule has 0 fully saturated rings. The summed E-state index contributed by atoms with van der Waals surface area (Å²) in [7, 11) is 0. The number of nitriles is 1. The number of aromatic nitrogens is 1. The van der Waals surface area contributed by atoms with Crippen molar-refractivity contribution in [1.82, 2.24) is 4.57 Å². The van der Waals surface area contributed by atoms with Gasteiger partial charge in [0.15, 0.2) is 0 Å². The SMILES string of the molecule is N#Cc1ccc(-c2cc(C(F)(F)F)cc(C(F)(F)F)c2)c(-n2c3ccc(-c4ccccc4)cc3c3cc(-c4ccccc4)ccc32)c1. The van der Waals surface area contributed by atoms with Crippen molar-refractivity contribution in [3.8, 4) is 45.1 Å². The summed E-state index contributed by atoms with van der Waals surface area (Å²) in [5, 5.41) is 11.5. The van der Waals surface area contributed by atoms with E-state index in [-0.39, 0.29) is 28.4 Å². The van der Waals surface area contributed by atoms with Crippen LogP contribution in [0.2, 0.25) is 0 Å². The van der Waals surface area contributed by atoms with E-state index in [1.54, 1.807) is 4.57 Å². The van der Waals surface area contributed by atoms with E-state index in [0.717, 1.165) is 45.2 Å². The van der Waals surface area contributed by atoms with Crippen LogP contribution in [0, 0.1) is 11.3 Å². The molecule has 8 heteroatoms. The molecule has 0 N–H and O–H groups in total. The topological polar surface area (TPSA) is 28.7 Å². The Kier molecular flexibility index (Phi) is 7.13. The van der Waals surface area contributed by atoms with Gasteiger partial charge in [0.05, 0.1) is 39.5 Å². The lowest BCUT2D eigenvalue weighted by atomic mass is 9.96. The van der Waals surface area contributed by atoms with Gasteiger partial charge in [-0.15, -0.1) is 0 Å². The molecule has 0 aliphatic rings. The minimum atomic E-state index is -5.02. The second-order valence-electron chi connectivity index (χ2n) is 11.2. The van der Waals surface area contributed by atoms with Gasteiger partial charge in [0, 0.05) is 16.3 Å². The van der Waals surface area contributed by atoms with Crippen LogP contribution >= 0.6 is 0 Å². The molecule has 0 saturated carbocycles. The van der Waals surface area contributed by atoms with Gasteiger partial charge in [-0.1, -0.05) is 78.9 Å². The monoisotopic (exact) mass is 632 g/mol. The van der Waals surface area contributed by atoms with E-state index >= 15 is 0 Å². The molecule has 0 saturated heterocycles. The van der Waals surface area contributed by atoms with Crippen molar-refractivity contribution in [3.63, 3.8) is 0 Å². The quantitative estimate of drug-likeness (QED) is 0.178. The highest BCUT2D eigenvalue weighted by atomic mass is 19.4. The van der Waals surface area contributed by atoms with Gasteiger partial charge in [-0.05, 0) is 82.4 Å². The molecule has 0 radical (unpaired) electrons. The second kappa shape index (κ2) is 11.2. The van der Waals surface area contributed by atoms with Crippen LogP contribution in [0.15, 0.2) is 133 Å². The van der Waals surface area contributed by atoms with Crippen molar-refractivity contribution >= 4 is 21.8 Å². The second-order valence-corrected chi connectivity index (χ2v) is 11.2. The maximum Gasteiger partial charge on any atom is 0.416 e. The van der Waals surface area contributed by atoms with Crippen molar-refractivity contribution in [1.29, 1.82) is 5.26 Å². The van der Waals surface area contributed by atoms with Gasteiger partial charge in [0.1, 0.15) is 0 Å². The molecular weight excluding hydrogens is 610 g/mol. The Morgan fingerprint density at radius 3 is 1.40 bits per heavy atom. The van der Waals surface area contributed by atoms with E-state index in [4.69, 9.17) is 0 Å². The fourth-order valence-corrected chi connectivity index (χ4v) is 6.04. The number of hydrogen-bond acceptors (Lipinski definition) is 1. The number of fused-ring (bicyclic) bond motifs is 3. The molecule has 0 amide bonds. The normalized spacial score (nSPS) is 12.0. The highest BCUT2D eigenvalue weighted by molar-refractivity contribution is 6.12. The molecule has 0 atom stereocenters. The van der Waals surface area contributed by atoms with Crippen LogP contribution in [0.4, 0.5) is 26.3 Å². The first-order valence-electron chi connectivity index (χ1n) is 14.5. The van der Waals surface area contributed by atoms with Crippen molar-refractivity contribution in [3.05, 3.63) is 150 Å². The molecule has 0 aliphatic carbocycles. The summed E-state index contributed by atoms with van der Waals surface area (Å²) < 4.78 is 85.2. The zero-order valence-electron chi connectivity index (χ0n) is 24.4. The van der Waals surface area contributed by atoms with Gasteiger partial charge in [-0.25, -0.2) is 0 Å². The van der Waals surface area contributed by atoms with Gasteiger partial charge in [-0.2, -0.15) is 31.6 Å². The third-order valence-electron chi connectivity index (χ3n) is 8.25. The molecule has 47 heavy (non-hydrogen) atoms. The first kappa shape index (κ1) is 29.9. The lowest BCUT2D eigenvalue weighted by molar-refractivity contribution is -0.143. The van der Waals surface area contributed by atoms with Crippen LogP contribution in [0.3, 0.4) is 0 Å². The lowest BCUT2D eigenvalue weighted by Gasteiger charge is -2.18. The highest BCUT2D eigenvalue weighted by Gasteiger charge is 2.37. The van der Waals surface area contributed by atoms with Crippen LogP contribution in [-0.4, -0.2) is 4.57 Å². The lowest BCUT2D eigenvalue weighted by Crippen LogP contribution is -2.11. The number of rotatable bonds is 4. The largest absolute Gasteiger partial charge is 0.416 e. The minimum Gasteiger partial charge on any atom is -0.309 e. The summed E-state index contributed by atoms with van der Waals surface area (Å²) in [4.78, 5) is 0. The zero-order valence-corrected chi connectivity index (χ0v) is 24.4. The highest BCUT2D eigenvalue weighted by Crippen LogP contribution is 2.43. The zero-order chi connectivity index (χ0) is 32.9. The third-order valence-corrected chi connectivity index (χ3v) is 8.25. The number of nitrogens with zero attached hydrogens (tertiary/aromatic N) is 2. The average molecular weight is 633 g/mol. The van der Waals surface area contributed by atoms with Crippen LogP contribution in [0.1, 0.15) is 16.7 Å². The first-order valence-corrected chi connectivity index (χ1v) is 14.5. The van der Waals surface area contributed by atoms with Crippen LogP contribution in [0.25, 0.3) is 60.9 Å². The molecule has 2 nitrogen and oxygen atoms in total. The summed E-state index contributed by atoms with van der Waals surface area (Å²) >= 11 is 0. The Hall–Kier alpha value is -5.81. The van der Waals surface area contributed by atoms with Gasteiger partial charge >= 0.3 is 12.4 Å². The molecule has 7 rings (SSSR count). The summed E-state index contributed by atoms with van der Waals surface area (Å²) in [6.07, 6.45) is -10.0. The average Bonchev–Trinajstić information content (AvgIpc) is 3.40. The van der Waals surface area contributed by atoms with E-state index in [0.29, 0.717) is 11.0 Å². The third kappa shape index (κ3) is 5.50. The van der Waals surface area contributed by atoms with Gasteiger partial charge in [0.2, 0.25) is 0 Å². The molecular formula is C39H22F6N2. The standard InChI is InChI=1S/C39H22F6N2/c40-38(41,42)30-18-29(19-31(22-30)39(43,44)45)32-14-11-24(23-46)17-37(32)47-35-15-12-27(25-7-3-1-4-8-25)20-33(35)34-21-28(13-16-36(34)47)26-9-5-2-6-10-26/h1-22H. The molecule has 1 heterocycles. The number of alkyl halides is 6. The molecule has 0 spiro atoms. The Morgan fingerprint density at radius 1 is 0.468 bits per heavy atom. The summed E-state index contributed by atoms with van der Waals surface area (Å²) in [6.45, 7) is 0. The van der Waals surface area contributed by atoms with Crippen LogP contribution in [-0.2, 0) is 12.4 Å². The van der Waals surface area contributed by atoms with Crippen molar-refractivity contribution in [2.45, 2.75) is 12.4 Å². The summed E-state index contributed by atoms with van der Waals surface area (Å²) in [5.74, 6) is 0. The summed E-state index contributed by atoms with van der Waals surface area (Å²) in [5.41, 5.74) is 2.63. The Bertz CT molecular complexity index is 2200. The van der Waals surface area contributed by atoms with E-state index in [1.165, 1.54) is 18.2 Å². The first-order chi connectivity index (χ1) is 22.5. The fourth-order valence-electron chi connectivity index (χ4n) is 6.04. The van der Waals surface area contributed by atoms with E-state index in [9.17, 15) is 31.6 Å². The molecule has 0 bridgehead atoms. The molecule has 1 aromatic heterocycles.